The molecule has 0 radical (unpaired) electrons. The minimum absolute atomic E-state index is 0.0909. The monoisotopic (exact) mass is 293 g/mol. The molecule has 0 spiro atoms. The van der Waals surface area contributed by atoms with Gasteiger partial charge in [-0.05, 0) is 5.56 Å². The van der Waals surface area contributed by atoms with Crippen LogP contribution in [0.1, 0.15) is 11.6 Å². The molecule has 0 aliphatic carbocycles. The standard InChI is InChI=1S/C8H12IN3O/c9-8(10)7(12-13-11)6-4-2-1-3-5-6/h1-5,7-8,12H,10-11H2. The van der Waals surface area contributed by atoms with E-state index in [2.05, 4.69) is 33.0 Å². The van der Waals surface area contributed by atoms with Crippen LogP contribution in [0.2, 0.25) is 0 Å². The third-order valence-corrected chi connectivity index (χ3v) is 2.39. The summed E-state index contributed by atoms with van der Waals surface area (Å²) in [6, 6.07) is 9.68. The Morgan fingerprint density at radius 2 is 1.92 bits per heavy atom. The molecule has 1 aromatic carbocycles. The maximum atomic E-state index is 5.74. The van der Waals surface area contributed by atoms with Crippen LogP contribution in [0.3, 0.4) is 0 Å². The Kier molecular flexibility index (Phi) is 4.60. The number of alkyl halides is 1. The van der Waals surface area contributed by atoms with Crippen molar-refractivity contribution in [2.75, 3.05) is 0 Å². The number of halogens is 1. The van der Waals surface area contributed by atoms with Crippen LogP contribution in [0.15, 0.2) is 30.3 Å². The van der Waals surface area contributed by atoms with E-state index >= 15 is 0 Å². The first kappa shape index (κ1) is 10.9. The molecule has 2 atom stereocenters. The molecule has 0 bridgehead atoms. The zero-order valence-electron chi connectivity index (χ0n) is 6.98. The smallest absolute Gasteiger partial charge is 0.0833 e. The molecule has 0 aliphatic rings. The van der Waals surface area contributed by atoms with Crippen molar-refractivity contribution in [1.29, 1.82) is 0 Å². The van der Waals surface area contributed by atoms with E-state index in [0.717, 1.165) is 5.56 Å². The fourth-order valence-electron chi connectivity index (χ4n) is 1.05. The van der Waals surface area contributed by atoms with Crippen molar-refractivity contribution in [2.45, 2.75) is 10.1 Å². The fraction of sp³-hybridized carbons (Fsp3) is 0.250. The molecule has 0 aliphatic heterocycles. The lowest BCUT2D eigenvalue weighted by atomic mass is 10.1. The van der Waals surface area contributed by atoms with E-state index in [4.69, 9.17) is 11.6 Å². The molecule has 0 aromatic heterocycles. The molecule has 4 nitrogen and oxygen atoms in total. The van der Waals surface area contributed by atoms with Gasteiger partial charge in [-0.2, -0.15) is 11.4 Å². The van der Waals surface area contributed by atoms with E-state index in [9.17, 15) is 0 Å². The lowest BCUT2D eigenvalue weighted by Crippen LogP contribution is -2.35. The molecule has 72 valence electrons. The molecular weight excluding hydrogens is 281 g/mol. The van der Waals surface area contributed by atoms with Gasteiger partial charge in [0.1, 0.15) is 0 Å². The molecule has 0 amide bonds. The van der Waals surface area contributed by atoms with Crippen LogP contribution in [0.5, 0.6) is 0 Å². The number of nitrogens with one attached hydrogen (secondary N) is 1. The van der Waals surface area contributed by atoms with Crippen LogP contribution in [0, 0.1) is 0 Å². The van der Waals surface area contributed by atoms with Gasteiger partial charge < -0.3 is 5.73 Å². The van der Waals surface area contributed by atoms with E-state index in [1.54, 1.807) is 0 Å². The Labute approximate surface area is 90.7 Å². The van der Waals surface area contributed by atoms with Gasteiger partial charge in [0.25, 0.3) is 0 Å². The van der Waals surface area contributed by atoms with Crippen LogP contribution in [0.25, 0.3) is 0 Å². The second-order valence-electron chi connectivity index (χ2n) is 2.57. The summed E-state index contributed by atoms with van der Waals surface area (Å²) in [5.41, 5.74) is 9.44. The first-order valence-corrected chi connectivity index (χ1v) is 5.06. The highest BCUT2D eigenvalue weighted by Crippen LogP contribution is 2.18. The van der Waals surface area contributed by atoms with Gasteiger partial charge in [-0.25, -0.2) is 4.94 Å². The highest BCUT2D eigenvalue weighted by molar-refractivity contribution is 14.1. The Morgan fingerprint density at radius 1 is 1.31 bits per heavy atom. The van der Waals surface area contributed by atoms with Gasteiger partial charge in [0.2, 0.25) is 0 Å². The van der Waals surface area contributed by atoms with Crippen molar-refractivity contribution in [3.8, 4) is 0 Å². The van der Waals surface area contributed by atoms with E-state index < -0.39 is 0 Å². The van der Waals surface area contributed by atoms with Crippen molar-refractivity contribution in [3.63, 3.8) is 0 Å². The van der Waals surface area contributed by atoms with Crippen molar-refractivity contribution >= 4 is 22.6 Å². The molecule has 5 N–H and O–H groups in total. The maximum Gasteiger partial charge on any atom is 0.0833 e. The van der Waals surface area contributed by atoms with Gasteiger partial charge >= 0.3 is 0 Å². The summed E-state index contributed by atoms with van der Waals surface area (Å²) in [6.45, 7) is 0. The quantitative estimate of drug-likeness (QED) is 0.333. The summed E-state index contributed by atoms with van der Waals surface area (Å²) in [4.78, 5) is 4.38. The number of rotatable bonds is 4. The minimum Gasteiger partial charge on any atom is -0.318 e. The summed E-state index contributed by atoms with van der Waals surface area (Å²) in [7, 11) is 0. The van der Waals surface area contributed by atoms with Crippen LogP contribution < -0.4 is 17.1 Å². The second kappa shape index (κ2) is 5.51. The van der Waals surface area contributed by atoms with Gasteiger partial charge in [-0.3, -0.25) is 0 Å². The van der Waals surface area contributed by atoms with Gasteiger partial charge in [0, 0.05) is 0 Å². The predicted octanol–water partition coefficient (Wildman–Crippen LogP) is 0.842. The summed E-state index contributed by atoms with van der Waals surface area (Å²) in [5, 5.41) is 0. The topological polar surface area (TPSA) is 73.3 Å². The Morgan fingerprint density at radius 3 is 2.38 bits per heavy atom. The zero-order valence-corrected chi connectivity index (χ0v) is 9.14. The van der Waals surface area contributed by atoms with Gasteiger partial charge in [0.05, 0.1) is 10.1 Å². The number of benzene rings is 1. The summed E-state index contributed by atoms with van der Waals surface area (Å²) < 4.78 is -0.0939. The Hall–Kier alpha value is -0.210. The second-order valence-corrected chi connectivity index (χ2v) is 4.01. The van der Waals surface area contributed by atoms with Gasteiger partial charge in [0.15, 0.2) is 0 Å². The van der Waals surface area contributed by atoms with E-state index in [0.29, 0.717) is 0 Å². The molecule has 0 fully saturated rings. The van der Waals surface area contributed by atoms with Crippen molar-refractivity contribution in [1.82, 2.24) is 5.48 Å². The van der Waals surface area contributed by atoms with E-state index in [1.807, 2.05) is 30.3 Å². The average Bonchev–Trinajstić information content (AvgIpc) is 2.15. The first-order chi connectivity index (χ1) is 6.25. The molecule has 1 rings (SSSR count). The summed E-state index contributed by atoms with van der Waals surface area (Å²) in [6.07, 6.45) is 0. The molecule has 0 saturated carbocycles. The Balaban J connectivity index is 2.76. The molecule has 1 aromatic rings. The van der Waals surface area contributed by atoms with Crippen LogP contribution in [-0.2, 0) is 4.94 Å². The predicted molar refractivity (Wildman–Crippen MR) is 59.6 cm³/mol. The maximum absolute atomic E-state index is 5.74. The molecular formula is C8H12IN3O. The highest BCUT2D eigenvalue weighted by atomic mass is 127. The van der Waals surface area contributed by atoms with Gasteiger partial charge in [-0.15, -0.1) is 0 Å². The number of nitrogens with two attached hydrogens (primary N) is 2. The normalized spacial score (nSPS) is 15.3. The SMILES string of the molecule is NONC(c1ccccc1)C(N)I. The lowest BCUT2D eigenvalue weighted by molar-refractivity contribution is 0.0152. The van der Waals surface area contributed by atoms with Crippen LogP contribution in [0.4, 0.5) is 0 Å². The molecule has 2 unspecified atom stereocenters. The molecule has 0 heterocycles. The Bertz CT molecular complexity index is 242. The van der Waals surface area contributed by atoms with Crippen molar-refractivity contribution in [2.24, 2.45) is 11.6 Å². The van der Waals surface area contributed by atoms with E-state index in [1.165, 1.54) is 0 Å². The fourth-order valence-corrected chi connectivity index (χ4v) is 1.61. The number of hydrogen-bond acceptors (Lipinski definition) is 4. The first-order valence-electron chi connectivity index (χ1n) is 3.81. The molecule has 13 heavy (non-hydrogen) atoms. The van der Waals surface area contributed by atoms with Crippen molar-refractivity contribution < 1.29 is 4.94 Å². The van der Waals surface area contributed by atoms with Crippen LogP contribution >= 0.6 is 22.6 Å². The molecule has 0 saturated heterocycles. The average molecular weight is 293 g/mol. The van der Waals surface area contributed by atoms with Gasteiger partial charge in [-0.1, -0.05) is 52.9 Å². The number of hydroxylamine groups is 1. The third-order valence-electron chi connectivity index (χ3n) is 1.67. The highest BCUT2D eigenvalue weighted by Gasteiger charge is 2.16. The van der Waals surface area contributed by atoms with E-state index in [-0.39, 0.29) is 10.1 Å². The minimum atomic E-state index is -0.0939. The summed E-state index contributed by atoms with van der Waals surface area (Å²) >= 11 is 2.11. The lowest BCUT2D eigenvalue weighted by Gasteiger charge is -2.19. The number of hydrogen-bond donors (Lipinski definition) is 3. The summed E-state index contributed by atoms with van der Waals surface area (Å²) in [5.74, 6) is 4.93. The largest absolute Gasteiger partial charge is 0.318 e. The van der Waals surface area contributed by atoms with Crippen LogP contribution in [-0.4, -0.2) is 4.05 Å². The zero-order chi connectivity index (χ0) is 9.68. The third kappa shape index (κ3) is 3.20. The van der Waals surface area contributed by atoms with Crippen molar-refractivity contribution in [3.05, 3.63) is 35.9 Å². The molecule has 5 heteroatoms.